The molecule has 2 aromatic carbocycles. The largest absolute Gasteiger partial charge is 0.444 e. The molecule has 0 saturated carbocycles. The Morgan fingerprint density at radius 3 is 2.05 bits per heavy atom. The van der Waals surface area contributed by atoms with Gasteiger partial charge in [0.15, 0.2) is 0 Å². The molecule has 3 rings (SSSR count). The van der Waals surface area contributed by atoms with Crippen molar-refractivity contribution in [1.82, 2.24) is 20.9 Å². The van der Waals surface area contributed by atoms with E-state index in [2.05, 4.69) is 16.0 Å². The number of ether oxygens (including phenoxy) is 1. The Kier molecular flexibility index (Phi) is 8.91. The first-order valence-electron chi connectivity index (χ1n) is 12.4. The molecule has 2 aromatic rings. The van der Waals surface area contributed by atoms with Crippen LogP contribution in [0, 0.1) is 0 Å². The summed E-state index contributed by atoms with van der Waals surface area (Å²) >= 11 is 0. The van der Waals surface area contributed by atoms with Crippen LogP contribution in [0.1, 0.15) is 45.7 Å². The van der Waals surface area contributed by atoms with E-state index in [4.69, 9.17) is 4.74 Å². The fraction of sp³-hybridized carbons (Fsp3) is 0.429. The lowest BCUT2D eigenvalue weighted by atomic mass is 10.0. The predicted molar refractivity (Wildman–Crippen MR) is 139 cm³/mol. The van der Waals surface area contributed by atoms with Crippen LogP contribution < -0.4 is 16.0 Å². The van der Waals surface area contributed by atoms with Crippen LogP contribution in [0.4, 0.5) is 4.79 Å². The van der Waals surface area contributed by atoms with Crippen LogP contribution in [0.15, 0.2) is 60.7 Å². The van der Waals surface area contributed by atoms with Gasteiger partial charge in [-0.05, 0) is 45.7 Å². The van der Waals surface area contributed by atoms with Crippen molar-refractivity contribution in [2.45, 2.75) is 77.4 Å². The first kappa shape index (κ1) is 27.7. The Labute approximate surface area is 217 Å². The lowest BCUT2D eigenvalue weighted by Crippen LogP contribution is -2.50. The van der Waals surface area contributed by atoms with Gasteiger partial charge >= 0.3 is 6.09 Å². The number of carbonyl (C=O) groups is 4. The molecule has 1 aliphatic rings. The monoisotopic (exact) mass is 508 g/mol. The Morgan fingerprint density at radius 1 is 0.919 bits per heavy atom. The minimum atomic E-state index is -0.871. The number of rotatable bonds is 9. The number of nitrogens with zero attached hydrogens (tertiary/aromatic N) is 1. The van der Waals surface area contributed by atoms with Crippen LogP contribution in [0.5, 0.6) is 0 Å². The second kappa shape index (κ2) is 11.9. The lowest BCUT2D eigenvalue weighted by molar-refractivity contribution is -0.132. The van der Waals surface area contributed by atoms with E-state index in [9.17, 15) is 19.2 Å². The zero-order chi connectivity index (χ0) is 27.2. The molecule has 4 amide bonds. The zero-order valence-electron chi connectivity index (χ0n) is 22.0. The standard InChI is InChI=1S/C28H36N4O5/c1-18(30-27(36)37-28(3,4)5)26(35)32-19(2)23(32)25(34)31-22(16-20-12-8-6-9-13-20)24(33)29-17-21-14-10-7-11-15-21/h6-15,18-19,22-23H,16-17H2,1-5H3,(H,29,33)(H,30,36)(H,31,34)/t18-,19-,22-,23-,32?/m0/s1. The minimum absolute atomic E-state index is 0.304. The second-order valence-corrected chi connectivity index (χ2v) is 10.3. The van der Waals surface area contributed by atoms with Crippen LogP contribution in [0.25, 0.3) is 0 Å². The number of carbonyl (C=O) groups excluding carboxylic acids is 4. The minimum Gasteiger partial charge on any atom is -0.444 e. The number of benzene rings is 2. The van der Waals surface area contributed by atoms with Gasteiger partial charge in [-0.25, -0.2) is 4.79 Å². The summed E-state index contributed by atoms with van der Waals surface area (Å²) in [5.41, 5.74) is 1.14. The van der Waals surface area contributed by atoms with Gasteiger partial charge < -0.3 is 25.6 Å². The normalized spacial score (nSPS) is 18.2. The summed E-state index contributed by atoms with van der Waals surface area (Å²) < 4.78 is 5.21. The molecule has 0 radical (unpaired) electrons. The van der Waals surface area contributed by atoms with E-state index >= 15 is 0 Å². The molecular weight excluding hydrogens is 472 g/mol. The van der Waals surface area contributed by atoms with E-state index in [1.54, 1.807) is 34.6 Å². The highest BCUT2D eigenvalue weighted by Gasteiger charge is 2.54. The van der Waals surface area contributed by atoms with Gasteiger partial charge in [0.2, 0.25) is 17.7 Å². The molecule has 0 spiro atoms. The fourth-order valence-corrected chi connectivity index (χ4v) is 4.03. The highest BCUT2D eigenvalue weighted by atomic mass is 16.6. The molecule has 1 heterocycles. The van der Waals surface area contributed by atoms with Gasteiger partial charge in [0, 0.05) is 13.0 Å². The van der Waals surface area contributed by atoms with Gasteiger partial charge in [-0.15, -0.1) is 0 Å². The van der Waals surface area contributed by atoms with Crippen molar-refractivity contribution < 1.29 is 23.9 Å². The highest BCUT2D eigenvalue weighted by Crippen LogP contribution is 2.29. The van der Waals surface area contributed by atoms with E-state index < -0.39 is 41.6 Å². The summed E-state index contributed by atoms with van der Waals surface area (Å²) in [6.07, 6.45) is -0.402. The third-order valence-electron chi connectivity index (χ3n) is 5.96. The van der Waals surface area contributed by atoms with Crippen LogP contribution in [-0.4, -0.2) is 58.5 Å². The molecule has 0 bridgehead atoms. The number of alkyl carbamates (subject to hydrolysis) is 1. The van der Waals surface area contributed by atoms with Crippen molar-refractivity contribution in [3.8, 4) is 0 Å². The average Bonchev–Trinajstić information content (AvgIpc) is 3.52. The molecule has 37 heavy (non-hydrogen) atoms. The number of amides is 4. The summed E-state index contributed by atoms with van der Waals surface area (Å²) in [4.78, 5) is 52.6. The number of hydrogen-bond donors (Lipinski definition) is 3. The van der Waals surface area contributed by atoms with Crippen LogP contribution in [0.2, 0.25) is 0 Å². The van der Waals surface area contributed by atoms with Crippen molar-refractivity contribution in [3.63, 3.8) is 0 Å². The van der Waals surface area contributed by atoms with Crippen LogP contribution in [0.3, 0.4) is 0 Å². The Bertz CT molecular complexity index is 1100. The molecule has 0 aliphatic carbocycles. The molecule has 1 saturated heterocycles. The maximum absolute atomic E-state index is 13.1. The van der Waals surface area contributed by atoms with Gasteiger partial charge in [-0.2, -0.15) is 0 Å². The summed E-state index contributed by atoms with van der Waals surface area (Å²) in [5.74, 6) is -1.13. The summed E-state index contributed by atoms with van der Waals surface area (Å²) in [7, 11) is 0. The van der Waals surface area contributed by atoms with Crippen molar-refractivity contribution in [1.29, 1.82) is 0 Å². The smallest absolute Gasteiger partial charge is 0.408 e. The second-order valence-electron chi connectivity index (χ2n) is 10.3. The predicted octanol–water partition coefficient (Wildman–Crippen LogP) is 2.54. The number of hydrogen-bond acceptors (Lipinski definition) is 5. The topological polar surface area (TPSA) is 117 Å². The van der Waals surface area contributed by atoms with E-state index in [1.807, 2.05) is 60.7 Å². The molecule has 0 aromatic heterocycles. The third kappa shape index (κ3) is 8.06. The summed E-state index contributed by atoms with van der Waals surface area (Å²) in [5, 5.41) is 8.24. The maximum Gasteiger partial charge on any atom is 0.408 e. The van der Waals surface area contributed by atoms with E-state index in [-0.39, 0.29) is 11.9 Å². The quantitative estimate of drug-likeness (QED) is 0.450. The van der Waals surface area contributed by atoms with Crippen LogP contribution >= 0.6 is 0 Å². The summed E-state index contributed by atoms with van der Waals surface area (Å²) in [6.45, 7) is 8.82. The SMILES string of the molecule is C[C@H](NC(=O)OC(C)(C)C)C(=O)N1[C@H](C(=O)N[C@@H](Cc2ccccc2)C(=O)NCc2ccccc2)[C@@H]1C. The van der Waals surface area contributed by atoms with Crippen molar-refractivity contribution in [2.24, 2.45) is 0 Å². The highest BCUT2D eigenvalue weighted by molar-refractivity contribution is 5.98. The molecule has 198 valence electrons. The Balaban J connectivity index is 1.62. The zero-order valence-corrected chi connectivity index (χ0v) is 22.0. The first-order chi connectivity index (χ1) is 17.5. The number of nitrogens with one attached hydrogen (secondary N) is 3. The van der Waals surface area contributed by atoms with Crippen molar-refractivity contribution >= 4 is 23.8 Å². The molecular formula is C28H36N4O5. The van der Waals surface area contributed by atoms with Gasteiger partial charge in [-0.1, -0.05) is 60.7 Å². The average molecular weight is 509 g/mol. The van der Waals surface area contributed by atoms with Crippen LogP contribution in [-0.2, 0) is 32.1 Å². The van der Waals surface area contributed by atoms with Gasteiger partial charge in [-0.3, -0.25) is 14.4 Å². The Morgan fingerprint density at radius 2 is 1.49 bits per heavy atom. The maximum atomic E-state index is 13.1. The van der Waals surface area contributed by atoms with E-state index in [0.29, 0.717) is 13.0 Å². The molecule has 9 heteroatoms. The Hall–Kier alpha value is -3.88. The molecule has 1 aliphatic heterocycles. The van der Waals surface area contributed by atoms with Crippen molar-refractivity contribution in [3.05, 3.63) is 71.8 Å². The first-order valence-corrected chi connectivity index (χ1v) is 12.4. The third-order valence-corrected chi connectivity index (χ3v) is 5.96. The molecule has 4 atom stereocenters. The van der Waals surface area contributed by atoms with Gasteiger partial charge in [0.1, 0.15) is 23.7 Å². The molecule has 0 unspecified atom stereocenters. The van der Waals surface area contributed by atoms with E-state index in [1.165, 1.54) is 4.90 Å². The molecule has 9 nitrogen and oxygen atoms in total. The van der Waals surface area contributed by atoms with Gasteiger partial charge in [0.05, 0.1) is 6.04 Å². The fourth-order valence-electron chi connectivity index (χ4n) is 4.03. The van der Waals surface area contributed by atoms with Gasteiger partial charge in [0.25, 0.3) is 0 Å². The van der Waals surface area contributed by atoms with Crippen molar-refractivity contribution in [2.75, 3.05) is 0 Å². The molecule has 1 fully saturated rings. The summed E-state index contributed by atoms with van der Waals surface area (Å²) in [6, 6.07) is 16.1. The lowest BCUT2D eigenvalue weighted by Gasteiger charge is -2.22. The van der Waals surface area contributed by atoms with E-state index in [0.717, 1.165) is 11.1 Å². The molecule has 3 N–H and O–H groups in total.